The van der Waals surface area contributed by atoms with Crippen LogP contribution in [0.25, 0.3) is 0 Å². The second-order valence-electron chi connectivity index (χ2n) is 7.74. The van der Waals surface area contributed by atoms with E-state index in [4.69, 9.17) is 0 Å². The van der Waals surface area contributed by atoms with Crippen molar-refractivity contribution >= 4 is 15.9 Å². The maximum atomic E-state index is 13.0. The van der Waals surface area contributed by atoms with Crippen LogP contribution in [0.5, 0.6) is 0 Å². The molecule has 2 atom stereocenters. The van der Waals surface area contributed by atoms with Gasteiger partial charge in [-0.1, -0.05) is 54.6 Å². The summed E-state index contributed by atoms with van der Waals surface area (Å²) in [6.45, 7) is 3.64. The van der Waals surface area contributed by atoms with Crippen LogP contribution in [0.2, 0.25) is 0 Å². The van der Waals surface area contributed by atoms with Crippen LogP contribution < -0.4 is 10.0 Å². The van der Waals surface area contributed by atoms with Crippen LogP contribution >= 0.6 is 0 Å². The van der Waals surface area contributed by atoms with Gasteiger partial charge < -0.3 is 5.32 Å². The molecule has 0 radical (unpaired) electrons. The highest BCUT2D eigenvalue weighted by Gasteiger charge is 2.18. The number of hydrogen-bond acceptors (Lipinski definition) is 3. The Kier molecular flexibility index (Phi) is 7.77. The Bertz CT molecular complexity index is 1130. The van der Waals surface area contributed by atoms with Crippen molar-refractivity contribution < 1.29 is 17.6 Å². The van der Waals surface area contributed by atoms with Crippen molar-refractivity contribution in [1.82, 2.24) is 10.0 Å². The Hall–Kier alpha value is -3.03. The first kappa shape index (κ1) is 23.6. The molecule has 0 aliphatic rings. The summed E-state index contributed by atoms with van der Waals surface area (Å²) in [6.07, 6.45) is 0.747. The number of carbonyl (C=O) groups excluding carboxylic acids is 1. The third-order valence-corrected chi connectivity index (χ3v) is 6.81. The predicted molar refractivity (Wildman–Crippen MR) is 123 cm³/mol. The quantitative estimate of drug-likeness (QED) is 0.493. The van der Waals surface area contributed by atoms with Crippen LogP contribution in [-0.2, 0) is 21.2 Å². The molecule has 168 valence electrons. The van der Waals surface area contributed by atoms with Gasteiger partial charge in [-0.25, -0.2) is 17.5 Å². The van der Waals surface area contributed by atoms with E-state index >= 15 is 0 Å². The summed E-state index contributed by atoms with van der Waals surface area (Å²) in [7, 11) is -3.66. The highest BCUT2D eigenvalue weighted by atomic mass is 32.2. The minimum atomic E-state index is -3.66. The number of amides is 1. The average Bonchev–Trinajstić information content (AvgIpc) is 2.78. The normalized spacial score (nSPS) is 13.3. The summed E-state index contributed by atoms with van der Waals surface area (Å²) >= 11 is 0. The molecule has 0 spiro atoms. The summed E-state index contributed by atoms with van der Waals surface area (Å²) in [5.41, 5.74) is 2.57. The molecule has 0 fully saturated rings. The van der Waals surface area contributed by atoms with Gasteiger partial charge in [0.2, 0.25) is 15.9 Å². The van der Waals surface area contributed by atoms with Gasteiger partial charge >= 0.3 is 0 Å². The van der Waals surface area contributed by atoms with Gasteiger partial charge in [0, 0.05) is 12.5 Å². The second-order valence-corrected chi connectivity index (χ2v) is 9.45. The molecule has 0 heterocycles. The Morgan fingerprint density at radius 2 is 1.44 bits per heavy atom. The maximum Gasteiger partial charge on any atom is 0.241 e. The van der Waals surface area contributed by atoms with E-state index < -0.39 is 10.0 Å². The molecule has 5 nitrogen and oxygen atoms in total. The highest BCUT2D eigenvalue weighted by Crippen LogP contribution is 2.18. The fraction of sp³-hybridized carbons (Fsp3) is 0.240. The van der Waals surface area contributed by atoms with Gasteiger partial charge in [-0.3, -0.25) is 4.79 Å². The van der Waals surface area contributed by atoms with Crippen LogP contribution in [0.15, 0.2) is 83.8 Å². The van der Waals surface area contributed by atoms with Gasteiger partial charge in [0.25, 0.3) is 0 Å². The van der Waals surface area contributed by atoms with Crippen molar-refractivity contribution in [3.05, 3.63) is 101 Å². The summed E-state index contributed by atoms with van der Waals surface area (Å²) < 4.78 is 41.1. The lowest BCUT2D eigenvalue weighted by molar-refractivity contribution is -0.121. The van der Waals surface area contributed by atoms with E-state index in [1.807, 2.05) is 37.3 Å². The third kappa shape index (κ3) is 6.48. The lowest BCUT2D eigenvalue weighted by atomic mass is 10.1. The molecule has 0 aromatic heterocycles. The number of halogens is 1. The van der Waals surface area contributed by atoms with Crippen molar-refractivity contribution in [3.8, 4) is 0 Å². The molecule has 2 N–H and O–H groups in total. The van der Waals surface area contributed by atoms with E-state index in [0.717, 1.165) is 16.7 Å². The maximum absolute atomic E-state index is 13.0. The molecule has 1 amide bonds. The first-order valence-electron chi connectivity index (χ1n) is 10.5. The van der Waals surface area contributed by atoms with Crippen molar-refractivity contribution in [3.63, 3.8) is 0 Å². The van der Waals surface area contributed by atoms with E-state index in [0.29, 0.717) is 6.42 Å². The number of aryl methyl sites for hydroxylation is 1. The molecule has 0 saturated heterocycles. The zero-order chi connectivity index (χ0) is 23.1. The summed E-state index contributed by atoms with van der Waals surface area (Å²) in [6, 6.07) is 21.3. The molecule has 0 aliphatic heterocycles. The highest BCUT2D eigenvalue weighted by molar-refractivity contribution is 7.89. The second kappa shape index (κ2) is 10.5. The molecular weight excluding hydrogens is 427 g/mol. The number of rotatable bonds is 9. The molecule has 32 heavy (non-hydrogen) atoms. The molecular formula is C25H27FN2O3S. The Labute approximate surface area is 188 Å². The van der Waals surface area contributed by atoms with Gasteiger partial charge in [-0.2, -0.15) is 0 Å². The minimum absolute atomic E-state index is 0.128. The zero-order valence-electron chi connectivity index (χ0n) is 18.1. The number of nitrogens with one attached hydrogen (secondary N) is 2. The lowest BCUT2D eigenvalue weighted by Crippen LogP contribution is -2.27. The Morgan fingerprint density at radius 3 is 2.06 bits per heavy atom. The lowest BCUT2D eigenvalue weighted by Gasteiger charge is -2.15. The number of hydrogen-bond donors (Lipinski definition) is 2. The fourth-order valence-corrected chi connectivity index (χ4v) is 4.58. The van der Waals surface area contributed by atoms with Gasteiger partial charge in [-0.15, -0.1) is 0 Å². The third-order valence-electron chi connectivity index (χ3n) is 5.25. The van der Waals surface area contributed by atoms with Gasteiger partial charge in [-0.05, 0) is 61.2 Å². The minimum Gasteiger partial charge on any atom is -0.350 e. The molecule has 0 saturated carbocycles. The topological polar surface area (TPSA) is 75.3 Å². The zero-order valence-corrected chi connectivity index (χ0v) is 18.9. The number of sulfonamides is 1. The molecule has 3 rings (SSSR count). The van der Waals surface area contributed by atoms with Gasteiger partial charge in [0.1, 0.15) is 5.82 Å². The molecule has 0 bridgehead atoms. The van der Waals surface area contributed by atoms with Crippen LogP contribution in [0, 0.1) is 5.82 Å². The molecule has 0 aliphatic carbocycles. The van der Waals surface area contributed by atoms with Crippen molar-refractivity contribution in [1.29, 1.82) is 0 Å². The SMILES string of the molecule is C[C@@H](NC(=O)CCc1ccc(S(=O)(=O)N[C@H](C)c2ccccc2)cc1)c1ccc(F)cc1. The summed E-state index contributed by atoms with van der Waals surface area (Å²) in [4.78, 5) is 12.4. The van der Waals surface area contributed by atoms with E-state index in [1.54, 1.807) is 43.3 Å². The number of carbonyl (C=O) groups is 1. The van der Waals surface area contributed by atoms with E-state index in [2.05, 4.69) is 10.0 Å². The van der Waals surface area contributed by atoms with E-state index in [9.17, 15) is 17.6 Å². The van der Waals surface area contributed by atoms with Gasteiger partial charge in [0.05, 0.1) is 10.9 Å². The average molecular weight is 455 g/mol. The van der Waals surface area contributed by atoms with Crippen molar-refractivity contribution in [2.75, 3.05) is 0 Å². The smallest absolute Gasteiger partial charge is 0.241 e. The molecule has 7 heteroatoms. The fourth-order valence-electron chi connectivity index (χ4n) is 3.35. The largest absolute Gasteiger partial charge is 0.350 e. The monoisotopic (exact) mass is 454 g/mol. The van der Waals surface area contributed by atoms with Crippen LogP contribution in [0.3, 0.4) is 0 Å². The molecule has 0 unspecified atom stereocenters. The first-order valence-corrected chi connectivity index (χ1v) is 11.9. The molecule has 3 aromatic rings. The van der Waals surface area contributed by atoms with Crippen LogP contribution in [0.4, 0.5) is 4.39 Å². The Morgan fingerprint density at radius 1 is 0.844 bits per heavy atom. The van der Waals surface area contributed by atoms with Crippen LogP contribution in [0.1, 0.15) is 49.0 Å². The first-order chi connectivity index (χ1) is 15.2. The van der Waals surface area contributed by atoms with Crippen molar-refractivity contribution in [2.45, 2.75) is 43.7 Å². The van der Waals surface area contributed by atoms with Crippen LogP contribution in [-0.4, -0.2) is 14.3 Å². The summed E-state index contributed by atoms with van der Waals surface area (Å²) in [5, 5.41) is 2.89. The Balaban J connectivity index is 1.53. The summed E-state index contributed by atoms with van der Waals surface area (Å²) in [5.74, 6) is -0.445. The van der Waals surface area contributed by atoms with E-state index in [-0.39, 0.29) is 35.1 Å². The van der Waals surface area contributed by atoms with E-state index in [1.165, 1.54) is 12.1 Å². The standard InChI is InChI=1S/C25H27FN2O3S/c1-18(22-11-13-23(26)14-12-22)27-25(29)17-10-20-8-15-24(16-9-20)32(30,31)28-19(2)21-6-4-3-5-7-21/h3-9,11-16,18-19,28H,10,17H2,1-2H3,(H,27,29)/t18-,19-/m1/s1. The predicted octanol–water partition coefficient (Wildman–Crippen LogP) is 4.68. The number of benzene rings is 3. The molecule has 3 aromatic carbocycles. The van der Waals surface area contributed by atoms with Gasteiger partial charge in [0.15, 0.2) is 0 Å². The van der Waals surface area contributed by atoms with Crippen molar-refractivity contribution in [2.24, 2.45) is 0 Å².